The lowest BCUT2D eigenvalue weighted by molar-refractivity contribution is 0.395. The zero-order chi connectivity index (χ0) is 8.27. The van der Waals surface area contributed by atoms with Gasteiger partial charge < -0.3 is 4.52 Å². The summed E-state index contributed by atoms with van der Waals surface area (Å²) in [7, 11) is 0. The highest BCUT2D eigenvalue weighted by atomic mass is 16.5. The molecule has 0 saturated carbocycles. The van der Waals surface area contributed by atoms with Crippen molar-refractivity contribution in [1.82, 2.24) is 5.16 Å². The number of aryl methyl sites for hydroxylation is 1. The molecular weight excluding hydrogens is 138 g/mol. The highest BCUT2D eigenvalue weighted by molar-refractivity contribution is 5.16. The van der Waals surface area contributed by atoms with Crippen LogP contribution in [0.2, 0.25) is 0 Å². The summed E-state index contributed by atoms with van der Waals surface area (Å²) in [6, 6.07) is 0. The van der Waals surface area contributed by atoms with Crippen LogP contribution in [0.15, 0.2) is 10.7 Å². The van der Waals surface area contributed by atoms with Crippen molar-refractivity contribution in [3.05, 3.63) is 17.5 Å². The van der Waals surface area contributed by atoms with Crippen LogP contribution in [-0.2, 0) is 0 Å². The normalized spacial score (nSPS) is 13.4. The fourth-order valence-electron chi connectivity index (χ4n) is 1.37. The van der Waals surface area contributed by atoms with Gasteiger partial charge in [0.25, 0.3) is 0 Å². The number of hydrogen-bond acceptors (Lipinski definition) is 2. The summed E-state index contributed by atoms with van der Waals surface area (Å²) in [5.74, 6) is 1.55. The van der Waals surface area contributed by atoms with Crippen molar-refractivity contribution in [2.75, 3.05) is 0 Å². The monoisotopic (exact) mass is 153 g/mol. The Morgan fingerprint density at radius 2 is 2.36 bits per heavy atom. The fraction of sp³-hybridized carbons (Fsp3) is 0.667. The molecule has 2 heteroatoms. The molecule has 0 N–H and O–H groups in total. The second-order valence-corrected chi connectivity index (χ2v) is 3.03. The van der Waals surface area contributed by atoms with Crippen LogP contribution in [0, 0.1) is 6.92 Å². The van der Waals surface area contributed by atoms with E-state index < -0.39 is 0 Å². The SMILES string of the molecule is CCCC(C)c1cnoc1C. The minimum Gasteiger partial charge on any atom is -0.361 e. The zero-order valence-corrected chi connectivity index (χ0v) is 7.42. The van der Waals surface area contributed by atoms with Gasteiger partial charge in [-0.1, -0.05) is 25.4 Å². The number of aromatic nitrogens is 1. The van der Waals surface area contributed by atoms with Gasteiger partial charge in [0.15, 0.2) is 0 Å². The number of hydrogen-bond donors (Lipinski definition) is 0. The van der Waals surface area contributed by atoms with Crippen LogP contribution in [0.1, 0.15) is 43.9 Å². The van der Waals surface area contributed by atoms with Crippen LogP contribution in [0.25, 0.3) is 0 Å². The van der Waals surface area contributed by atoms with Gasteiger partial charge in [0.05, 0.1) is 6.20 Å². The van der Waals surface area contributed by atoms with E-state index in [4.69, 9.17) is 4.52 Å². The van der Waals surface area contributed by atoms with Crippen molar-refractivity contribution in [2.45, 2.75) is 39.5 Å². The first kappa shape index (κ1) is 8.31. The van der Waals surface area contributed by atoms with Crippen molar-refractivity contribution < 1.29 is 4.52 Å². The standard InChI is InChI=1S/C9H15NO/c1-4-5-7(2)9-6-10-11-8(9)3/h6-7H,4-5H2,1-3H3. The molecule has 0 aliphatic carbocycles. The van der Waals surface area contributed by atoms with Crippen molar-refractivity contribution >= 4 is 0 Å². The summed E-state index contributed by atoms with van der Waals surface area (Å²) < 4.78 is 4.98. The molecular formula is C9H15NO. The molecule has 0 aliphatic rings. The molecule has 0 bridgehead atoms. The minimum absolute atomic E-state index is 0.589. The van der Waals surface area contributed by atoms with E-state index in [2.05, 4.69) is 19.0 Å². The van der Waals surface area contributed by atoms with Crippen molar-refractivity contribution in [3.8, 4) is 0 Å². The maximum Gasteiger partial charge on any atom is 0.137 e. The summed E-state index contributed by atoms with van der Waals surface area (Å²) in [4.78, 5) is 0. The molecule has 62 valence electrons. The Kier molecular flexibility index (Phi) is 2.69. The second kappa shape index (κ2) is 3.56. The Morgan fingerprint density at radius 3 is 2.82 bits per heavy atom. The maximum absolute atomic E-state index is 4.98. The first-order valence-electron chi connectivity index (χ1n) is 4.16. The molecule has 1 aromatic rings. The molecule has 1 atom stereocenters. The summed E-state index contributed by atoms with van der Waals surface area (Å²) in [6.45, 7) is 6.37. The molecule has 1 heterocycles. The molecule has 0 spiro atoms. The van der Waals surface area contributed by atoms with E-state index in [9.17, 15) is 0 Å². The van der Waals surface area contributed by atoms with E-state index >= 15 is 0 Å². The van der Waals surface area contributed by atoms with Crippen LogP contribution >= 0.6 is 0 Å². The Morgan fingerprint density at radius 1 is 1.64 bits per heavy atom. The molecule has 0 fully saturated rings. The number of nitrogens with zero attached hydrogens (tertiary/aromatic N) is 1. The van der Waals surface area contributed by atoms with E-state index in [0.717, 1.165) is 5.76 Å². The average Bonchev–Trinajstić information content (AvgIpc) is 2.36. The molecule has 2 nitrogen and oxygen atoms in total. The van der Waals surface area contributed by atoms with E-state index in [1.807, 2.05) is 13.1 Å². The molecule has 0 amide bonds. The topological polar surface area (TPSA) is 26.0 Å². The molecule has 11 heavy (non-hydrogen) atoms. The van der Waals surface area contributed by atoms with Crippen LogP contribution in [0.4, 0.5) is 0 Å². The zero-order valence-electron chi connectivity index (χ0n) is 7.42. The molecule has 1 rings (SSSR count). The van der Waals surface area contributed by atoms with Crippen LogP contribution in [0.3, 0.4) is 0 Å². The van der Waals surface area contributed by atoms with Gasteiger partial charge in [-0.15, -0.1) is 0 Å². The smallest absolute Gasteiger partial charge is 0.137 e. The third kappa shape index (κ3) is 1.82. The van der Waals surface area contributed by atoms with E-state index in [-0.39, 0.29) is 0 Å². The van der Waals surface area contributed by atoms with Crippen LogP contribution in [-0.4, -0.2) is 5.16 Å². The van der Waals surface area contributed by atoms with Gasteiger partial charge in [-0.3, -0.25) is 0 Å². The van der Waals surface area contributed by atoms with Gasteiger partial charge in [0, 0.05) is 5.56 Å². The van der Waals surface area contributed by atoms with Crippen molar-refractivity contribution in [2.24, 2.45) is 0 Å². The van der Waals surface area contributed by atoms with Crippen LogP contribution in [0.5, 0.6) is 0 Å². The van der Waals surface area contributed by atoms with Crippen molar-refractivity contribution in [3.63, 3.8) is 0 Å². The second-order valence-electron chi connectivity index (χ2n) is 3.03. The molecule has 0 aromatic carbocycles. The first-order valence-corrected chi connectivity index (χ1v) is 4.16. The highest BCUT2D eigenvalue weighted by Crippen LogP contribution is 2.22. The molecule has 0 radical (unpaired) electrons. The minimum atomic E-state index is 0.589. The van der Waals surface area contributed by atoms with Gasteiger partial charge in [-0.25, -0.2) is 0 Å². The molecule has 0 aliphatic heterocycles. The predicted molar refractivity (Wildman–Crippen MR) is 44.6 cm³/mol. The largest absolute Gasteiger partial charge is 0.361 e. The van der Waals surface area contributed by atoms with Gasteiger partial charge in [0.2, 0.25) is 0 Å². The third-order valence-electron chi connectivity index (χ3n) is 2.04. The van der Waals surface area contributed by atoms with E-state index in [0.29, 0.717) is 5.92 Å². The Balaban J connectivity index is 2.67. The molecule has 0 saturated heterocycles. The summed E-state index contributed by atoms with van der Waals surface area (Å²) >= 11 is 0. The fourth-order valence-corrected chi connectivity index (χ4v) is 1.37. The number of rotatable bonds is 3. The van der Waals surface area contributed by atoms with Crippen molar-refractivity contribution in [1.29, 1.82) is 0 Å². The Labute approximate surface area is 67.6 Å². The van der Waals surface area contributed by atoms with Gasteiger partial charge in [0.1, 0.15) is 5.76 Å². The Hall–Kier alpha value is -0.790. The van der Waals surface area contributed by atoms with Crippen LogP contribution < -0.4 is 0 Å². The lowest BCUT2D eigenvalue weighted by atomic mass is 9.98. The average molecular weight is 153 g/mol. The molecule has 1 aromatic heterocycles. The van der Waals surface area contributed by atoms with Gasteiger partial charge >= 0.3 is 0 Å². The lowest BCUT2D eigenvalue weighted by Gasteiger charge is -2.06. The Bertz CT molecular complexity index is 217. The van der Waals surface area contributed by atoms with E-state index in [1.165, 1.54) is 18.4 Å². The van der Waals surface area contributed by atoms with E-state index in [1.54, 1.807) is 0 Å². The lowest BCUT2D eigenvalue weighted by Crippen LogP contribution is -1.92. The summed E-state index contributed by atoms with van der Waals surface area (Å²) in [5.41, 5.74) is 1.26. The van der Waals surface area contributed by atoms with Gasteiger partial charge in [-0.2, -0.15) is 0 Å². The first-order chi connectivity index (χ1) is 5.25. The maximum atomic E-state index is 4.98. The predicted octanol–water partition coefficient (Wildman–Crippen LogP) is 2.89. The third-order valence-corrected chi connectivity index (χ3v) is 2.04. The van der Waals surface area contributed by atoms with Gasteiger partial charge in [-0.05, 0) is 19.3 Å². The summed E-state index contributed by atoms with van der Waals surface area (Å²) in [5, 5.41) is 3.75. The quantitative estimate of drug-likeness (QED) is 0.667. The highest BCUT2D eigenvalue weighted by Gasteiger charge is 2.10. The summed E-state index contributed by atoms with van der Waals surface area (Å²) in [6.07, 6.45) is 4.25. The molecule has 1 unspecified atom stereocenters.